The van der Waals surface area contributed by atoms with Gasteiger partial charge < -0.3 is 4.90 Å². The lowest BCUT2D eigenvalue weighted by Crippen LogP contribution is -2.27. The topological polar surface area (TPSA) is 55.2 Å². The number of hydrogen-bond donors (Lipinski definition) is 0. The van der Waals surface area contributed by atoms with Gasteiger partial charge in [0.1, 0.15) is 0 Å². The van der Waals surface area contributed by atoms with Crippen LogP contribution in [0.5, 0.6) is 0 Å². The van der Waals surface area contributed by atoms with E-state index < -0.39 is 0 Å². The van der Waals surface area contributed by atoms with E-state index in [1.54, 1.807) is 28.8 Å². The molecule has 8 heteroatoms. The van der Waals surface area contributed by atoms with Crippen LogP contribution in [0.4, 0.5) is 0 Å². The second kappa shape index (κ2) is 10.1. The molecule has 4 rings (SSSR count). The van der Waals surface area contributed by atoms with Crippen LogP contribution in [0, 0.1) is 0 Å². The largest absolute Gasteiger partial charge is 0.343 e. The number of benzene rings is 2. The Balaban J connectivity index is 1.52. The average Bonchev–Trinajstić information content (AvgIpc) is 3.31. The number of nitrogens with zero attached hydrogens (tertiary/aromatic N) is 3. The summed E-state index contributed by atoms with van der Waals surface area (Å²) in [6, 6.07) is 12.4. The molecular formula is C23H23Cl2N3O2S. The van der Waals surface area contributed by atoms with Crippen LogP contribution in [0.3, 0.4) is 0 Å². The maximum atomic E-state index is 13.3. The third-order valence-electron chi connectivity index (χ3n) is 5.38. The van der Waals surface area contributed by atoms with Crippen molar-refractivity contribution in [2.24, 2.45) is 0 Å². The van der Waals surface area contributed by atoms with Crippen molar-refractivity contribution in [3.8, 4) is 5.69 Å². The van der Waals surface area contributed by atoms with Gasteiger partial charge in [-0.15, -0.1) is 0 Å². The van der Waals surface area contributed by atoms with E-state index in [1.807, 2.05) is 23.1 Å². The van der Waals surface area contributed by atoms with Crippen molar-refractivity contribution in [3.63, 3.8) is 0 Å². The molecule has 31 heavy (non-hydrogen) atoms. The predicted molar refractivity (Wildman–Crippen MR) is 128 cm³/mol. The summed E-state index contributed by atoms with van der Waals surface area (Å²) < 4.78 is 1.59. The highest BCUT2D eigenvalue weighted by Crippen LogP contribution is 2.27. The van der Waals surface area contributed by atoms with E-state index in [4.69, 9.17) is 28.2 Å². The minimum absolute atomic E-state index is 0.143. The molecule has 0 bridgehead atoms. The van der Waals surface area contributed by atoms with E-state index >= 15 is 0 Å². The third-order valence-corrected chi connectivity index (χ3v) is 7.15. The number of unbranched alkanes of at least 4 members (excludes halogenated alkanes) is 1. The minimum atomic E-state index is -0.143. The summed E-state index contributed by atoms with van der Waals surface area (Å²) in [5.74, 6) is 1.01. The zero-order chi connectivity index (χ0) is 21.8. The molecule has 1 aromatic heterocycles. The minimum Gasteiger partial charge on any atom is -0.343 e. The molecule has 5 nitrogen and oxygen atoms in total. The standard InChI is InChI=1S/C23H23Cl2N3O2S/c24-18-11-10-16(15-19(18)25)28-22(30)17-7-1-2-8-20(17)26-23(28)31-14-6-3-9-21(29)27-12-4-5-13-27/h1-2,7-8,10-11,15H,3-6,9,12-14H2. The predicted octanol–water partition coefficient (Wildman–Crippen LogP) is 5.58. The van der Waals surface area contributed by atoms with E-state index in [-0.39, 0.29) is 11.5 Å². The highest BCUT2D eigenvalue weighted by atomic mass is 35.5. The van der Waals surface area contributed by atoms with Crippen LogP contribution in [0.15, 0.2) is 52.4 Å². The Morgan fingerprint density at radius 1 is 1.03 bits per heavy atom. The summed E-state index contributed by atoms with van der Waals surface area (Å²) in [6.45, 7) is 1.79. The van der Waals surface area contributed by atoms with Gasteiger partial charge in [0, 0.05) is 25.3 Å². The molecule has 0 atom stereocenters. The van der Waals surface area contributed by atoms with E-state index in [1.165, 1.54) is 11.8 Å². The lowest BCUT2D eigenvalue weighted by molar-refractivity contribution is -0.130. The fourth-order valence-electron chi connectivity index (χ4n) is 3.73. The van der Waals surface area contributed by atoms with Crippen molar-refractivity contribution < 1.29 is 4.79 Å². The Morgan fingerprint density at radius 3 is 2.58 bits per heavy atom. The van der Waals surface area contributed by atoms with Crippen LogP contribution in [-0.2, 0) is 4.79 Å². The molecule has 0 unspecified atom stereocenters. The van der Waals surface area contributed by atoms with Crippen LogP contribution in [0.25, 0.3) is 16.6 Å². The first-order valence-corrected chi connectivity index (χ1v) is 12.2. The molecule has 0 saturated carbocycles. The van der Waals surface area contributed by atoms with E-state index in [2.05, 4.69) is 0 Å². The van der Waals surface area contributed by atoms with E-state index in [9.17, 15) is 9.59 Å². The first-order chi connectivity index (χ1) is 15.0. The van der Waals surface area contributed by atoms with Crippen LogP contribution in [-0.4, -0.2) is 39.2 Å². The van der Waals surface area contributed by atoms with E-state index in [0.717, 1.165) is 44.5 Å². The van der Waals surface area contributed by atoms with Gasteiger partial charge in [0.05, 0.1) is 26.6 Å². The van der Waals surface area contributed by atoms with Crippen molar-refractivity contribution >= 4 is 51.8 Å². The zero-order valence-electron chi connectivity index (χ0n) is 17.0. The molecule has 0 N–H and O–H groups in total. The molecule has 2 heterocycles. The molecule has 2 aromatic carbocycles. The molecule has 1 fully saturated rings. The van der Waals surface area contributed by atoms with E-state index in [0.29, 0.717) is 38.2 Å². The average molecular weight is 476 g/mol. The van der Waals surface area contributed by atoms with Gasteiger partial charge in [0.25, 0.3) is 5.56 Å². The number of hydrogen-bond acceptors (Lipinski definition) is 4. The number of thioether (sulfide) groups is 1. The summed E-state index contributed by atoms with van der Waals surface area (Å²) >= 11 is 13.8. The maximum Gasteiger partial charge on any atom is 0.266 e. The summed E-state index contributed by atoms with van der Waals surface area (Å²) in [5.41, 5.74) is 1.15. The number of halogens is 2. The van der Waals surface area contributed by atoms with Gasteiger partial charge in [-0.2, -0.15) is 0 Å². The van der Waals surface area contributed by atoms with Gasteiger partial charge in [-0.25, -0.2) is 4.98 Å². The summed E-state index contributed by atoms with van der Waals surface area (Å²) in [4.78, 5) is 32.2. The van der Waals surface area contributed by atoms with Crippen molar-refractivity contribution in [3.05, 3.63) is 62.9 Å². The van der Waals surface area contributed by atoms with Crippen LogP contribution in [0.2, 0.25) is 10.0 Å². The molecule has 0 aliphatic carbocycles. The van der Waals surface area contributed by atoms with Gasteiger partial charge >= 0.3 is 0 Å². The van der Waals surface area contributed by atoms with Gasteiger partial charge in [-0.1, -0.05) is 47.1 Å². The third kappa shape index (κ3) is 5.08. The molecule has 0 radical (unpaired) electrons. The van der Waals surface area contributed by atoms with Crippen molar-refractivity contribution in [2.75, 3.05) is 18.8 Å². The number of carbonyl (C=O) groups excluding carboxylic acids is 1. The maximum absolute atomic E-state index is 13.3. The van der Waals surface area contributed by atoms with Crippen LogP contribution >= 0.6 is 35.0 Å². The van der Waals surface area contributed by atoms with Crippen molar-refractivity contribution in [1.82, 2.24) is 14.5 Å². The number of carbonyl (C=O) groups is 1. The Hall–Kier alpha value is -2.02. The highest BCUT2D eigenvalue weighted by Gasteiger charge is 2.17. The van der Waals surface area contributed by atoms with Crippen molar-refractivity contribution in [2.45, 2.75) is 37.3 Å². The summed E-state index contributed by atoms with van der Waals surface area (Å²) in [7, 11) is 0. The number of aromatic nitrogens is 2. The second-order valence-electron chi connectivity index (χ2n) is 7.54. The molecule has 1 amide bonds. The lowest BCUT2D eigenvalue weighted by Gasteiger charge is -2.15. The Bertz CT molecular complexity index is 1160. The molecular weight excluding hydrogens is 453 g/mol. The van der Waals surface area contributed by atoms with Gasteiger partial charge in [0.15, 0.2) is 5.16 Å². The lowest BCUT2D eigenvalue weighted by atomic mass is 10.2. The van der Waals surface area contributed by atoms with Crippen LogP contribution < -0.4 is 5.56 Å². The van der Waals surface area contributed by atoms with Gasteiger partial charge in [0.2, 0.25) is 5.91 Å². The molecule has 1 aliphatic heterocycles. The molecule has 3 aromatic rings. The number of amides is 1. The second-order valence-corrected chi connectivity index (χ2v) is 9.42. The van der Waals surface area contributed by atoms with Gasteiger partial charge in [-0.05, 0) is 56.0 Å². The summed E-state index contributed by atoms with van der Waals surface area (Å²) in [5, 5.41) is 1.97. The first-order valence-electron chi connectivity index (χ1n) is 10.4. The van der Waals surface area contributed by atoms with Crippen LogP contribution in [0.1, 0.15) is 32.1 Å². The summed E-state index contributed by atoms with van der Waals surface area (Å²) in [6.07, 6.45) is 4.50. The smallest absolute Gasteiger partial charge is 0.266 e. The Morgan fingerprint density at radius 2 is 1.81 bits per heavy atom. The monoisotopic (exact) mass is 475 g/mol. The Kier molecular flexibility index (Phi) is 7.20. The molecule has 1 saturated heterocycles. The van der Waals surface area contributed by atoms with Crippen molar-refractivity contribution in [1.29, 1.82) is 0 Å². The Labute approximate surface area is 195 Å². The number of fused-ring (bicyclic) bond motifs is 1. The molecule has 0 spiro atoms. The first kappa shape index (κ1) is 22.2. The fraction of sp³-hybridized carbons (Fsp3) is 0.348. The normalized spacial score (nSPS) is 13.8. The fourth-order valence-corrected chi connectivity index (χ4v) is 5.03. The molecule has 162 valence electrons. The molecule has 1 aliphatic rings. The number of rotatable bonds is 7. The van der Waals surface area contributed by atoms with Gasteiger partial charge in [-0.3, -0.25) is 14.2 Å². The highest BCUT2D eigenvalue weighted by molar-refractivity contribution is 7.99. The zero-order valence-corrected chi connectivity index (χ0v) is 19.3. The number of para-hydroxylation sites is 1. The SMILES string of the molecule is O=C(CCCCSc1nc2ccccc2c(=O)n1-c1ccc(Cl)c(Cl)c1)N1CCCC1. The quantitative estimate of drug-likeness (QED) is 0.254. The number of likely N-dealkylation sites (tertiary alicyclic amines) is 1.